The number of hydrogen-bond acceptors (Lipinski definition) is 8. The van der Waals surface area contributed by atoms with Crippen molar-refractivity contribution in [2.75, 3.05) is 34.7 Å². The first-order chi connectivity index (χ1) is 18.1. The van der Waals surface area contributed by atoms with Crippen molar-refractivity contribution in [2.24, 2.45) is 11.8 Å². The summed E-state index contributed by atoms with van der Waals surface area (Å²) in [6.45, 7) is 10.6. The number of carboxylic acids is 1. The van der Waals surface area contributed by atoms with Crippen LogP contribution in [0.15, 0.2) is 5.38 Å². The predicted octanol–water partition coefficient (Wildman–Crippen LogP) is 3.47. The van der Waals surface area contributed by atoms with Crippen LogP contribution in [0.4, 0.5) is 4.79 Å². The lowest BCUT2D eigenvalue weighted by molar-refractivity contribution is -0.142. The zero-order valence-corrected chi connectivity index (χ0v) is 25.5. The molecular weight excluding hydrogens is 522 g/mol. The molecule has 39 heavy (non-hydrogen) atoms. The number of hydrogen-bond donors (Lipinski definition) is 2. The van der Waals surface area contributed by atoms with E-state index in [0.29, 0.717) is 11.4 Å². The van der Waals surface area contributed by atoms with Crippen LogP contribution in [-0.2, 0) is 14.3 Å². The van der Waals surface area contributed by atoms with E-state index in [9.17, 15) is 24.3 Å². The van der Waals surface area contributed by atoms with Crippen LogP contribution in [-0.4, -0.2) is 101 Å². The summed E-state index contributed by atoms with van der Waals surface area (Å²) in [5.74, 6) is -1.69. The molecular formula is C27H45N5O6S. The van der Waals surface area contributed by atoms with Crippen molar-refractivity contribution in [2.45, 2.75) is 84.0 Å². The van der Waals surface area contributed by atoms with E-state index < -0.39 is 29.7 Å². The highest BCUT2D eigenvalue weighted by atomic mass is 32.1. The van der Waals surface area contributed by atoms with Crippen molar-refractivity contribution in [3.05, 3.63) is 16.1 Å². The SMILES string of the molecule is CCC(C)C(NC(=O)[C@@]1(C)CCCN1C)C(=O)N(C)C(CC(OC(=O)N(C)C)c1nc(C(=O)O)cs1)C(C)C. The van der Waals surface area contributed by atoms with E-state index >= 15 is 0 Å². The Bertz CT molecular complexity index is 1030. The Morgan fingerprint density at radius 1 is 1.23 bits per heavy atom. The van der Waals surface area contributed by atoms with E-state index in [1.54, 1.807) is 26.0 Å². The molecule has 1 saturated heterocycles. The van der Waals surface area contributed by atoms with Gasteiger partial charge < -0.3 is 25.0 Å². The molecule has 0 bridgehead atoms. The summed E-state index contributed by atoms with van der Waals surface area (Å²) in [7, 11) is 6.74. The Kier molecular flexibility index (Phi) is 11.3. The first kappa shape index (κ1) is 32.5. The van der Waals surface area contributed by atoms with Gasteiger partial charge in [0.2, 0.25) is 11.8 Å². The molecule has 1 fully saturated rings. The van der Waals surface area contributed by atoms with Crippen molar-refractivity contribution in [3.63, 3.8) is 0 Å². The van der Waals surface area contributed by atoms with Gasteiger partial charge in [-0.15, -0.1) is 11.3 Å². The second kappa shape index (κ2) is 13.6. The monoisotopic (exact) mass is 567 g/mol. The molecule has 1 aliphatic heterocycles. The van der Waals surface area contributed by atoms with Crippen molar-refractivity contribution < 1.29 is 29.0 Å². The van der Waals surface area contributed by atoms with Crippen LogP contribution in [0, 0.1) is 11.8 Å². The van der Waals surface area contributed by atoms with Crippen LogP contribution in [0.25, 0.3) is 0 Å². The van der Waals surface area contributed by atoms with Gasteiger partial charge in [0, 0.05) is 39.0 Å². The summed E-state index contributed by atoms with van der Waals surface area (Å²) in [5, 5.41) is 14.2. The molecule has 0 saturated carbocycles. The fourth-order valence-corrected chi connectivity index (χ4v) is 5.64. The molecule has 2 N–H and O–H groups in total. The zero-order valence-electron chi connectivity index (χ0n) is 24.7. The number of carboxylic acid groups (broad SMARTS) is 1. The molecule has 0 radical (unpaired) electrons. The third kappa shape index (κ3) is 7.69. The number of aromatic carboxylic acids is 1. The van der Waals surface area contributed by atoms with Crippen molar-refractivity contribution in [3.8, 4) is 0 Å². The second-order valence-electron chi connectivity index (χ2n) is 11.3. The third-order valence-electron chi connectivity index (χ3n) is 7.95. The quantitative estimate of drug-likeness (QED) is 0.392. The largest absolute Gasteiger partial charge is 0.476 e. The van der Waals surface area contributed by atoms with Gasteiger partial charge in [-0.2, -0.15) is 0 Å². The van der Waals surface area contributed by atoms with E-state index in [4.69, 9.17) is 4.74 Å². The Balaban J connectivity index is 2.34. The van der Waals surface area contributed by atoms with Crippen molar-refractivity contribution >= 4 is 35.2 Å². The van der Waals surface area contributed by atoms with E-state index in [1.807, 2.05) is 46.6 Å². The number of nitrogens with one attached hydrogen (secondary N) is 1. The van der Waals surface area contributed by atoms with Crippen LogP contribution in [0.3, 0.4) is 0 Å². The van der Waals surface area contributed by atoms with Gasteiger partial charge in [-0.1, -0.05) is 34.1 Å². The second-order valence-corrected chi connectivity index (χ2v) is 12.2. The number of likely N-dealkylation sites (tertiary alicyclic amines) is 1. The van der Waals surface area contributed by atoms with Crippen molar-refractivity contribution in [1.82, 2.24) is 25.0 Å². The zero-order chi connectivity index (χ0) is 29.7. The van der Waals surface area contributed by atoms with Crippen LogP contribution < -0.4 is 5.32 Å². The highest BCUT2D eigenvalue weighted by Crippen LogP contribution is 2.32. The lowest BCUT2D eigenvalue weighted by Gasteiger charge is -2.38. The number of ether oxygens (including phenoxy) is 1. The minimum atomic E-state index is -1.17. The average Bonchev–Trinajstić information content (AvgIpc) is 3.50. The number of rotatable bonds is 12. The molecule has 4 unspecified atom stereocenters. The molecule has 1 aliphatic rings. The number of carbonyl (C=O) groups excluding carboxylic acids is 3. The standard InChI is InChI=1S/C27H45N5O6S/c1-10-17(4)21(29-25(36)27(5)12-11-13-31(27)8)23(33)32(9)19(16(2)3)14-20(38-26(37)30(6)7)22-28-18(15-39-22)24(34)35/h15-17,19-21H,10-14H2,1-9H3,(H,29,36)(H,34,35)/t17?,19?,20?,21?,27-/m1/s1. The van der Waals surface area contributed by atoms with E-state index in [2.05, 4.69) is 10.3 Å². The van der Waals surface area contributed by atoms with Gasteiger partial charge in [0.1, 0.15) is 11.0 Å². The predicted molar refractivity (Wildman–Crippen MR) is 150 cm³/mol. The molecule has 0 spiro atoms. The van der Waals surface area contributed by atoms with E-state index in [1.165, 1.54) is 10.3 Å². The van der Waals surface area contributed by atoms with Crippen LogP contribution >= 0.6 is 11.3 Å². The fourth-order valence-electron chi connectivity index (χ4n) is 4.80. The van der Waals surface area contributed by atoms with Crippen LogP contribution in [0.2, 0.25) is 0 Å². The molecule has 3 amide bonds. The first-order valence-electron chi connectivity index (χ1n) is 13.5. The van der Waals surface area contributed by atoms with Gasteiger partial charge in [0.25, 0.3) is 0 Å². The van der Waals surface area contributed by atoms with Gasteiger partial charge >= 0.3 is 12.1 Å². The maximum absolute atomic E-state index is 14.0. The van der Waals surface area contributed by atoms with Gasteiger partial charge in [0.15, 0.2) is 11.8 Å². The number of nitrogens with zero attached hydrogens (tertiary/aromatic N) is 4. The summed E-state index contributed by atoms with van der Waals surface area (Å²) in [6.07, 6.45) is 1.11. The maximum atomic E-state index is 14.0. The number of aromatic nitrogens is 1. The molecule has 2 rings (SSSR count). The Hall–Kier alpha value is -2.73. The summed E-state index contributed by atoms with van der Waals surface area (Å²) in [4.78, 5) is 60.4. The Morgan fingerprint density at radius 2 is 1.87 bits per heavy atom. The smallest absolute Gasteiger partial charge is 0.409 e. The minimum absolute atomic E-state index is 0.0369. The molecule has 1 aromatic heterocycles. The molecule has 0 aromatic carbocycles. The Labute approximate surface area is 235 Å². The minimum Gasteiger partial charge on any atom is -0.476 e. The van der Waals surface area contributed by atoms with Crippen molar-refractivity contribution in [1.29, 1.82) is 0 Å². The van der Waals surface area contributed by atoms with Gasteiger partial charge in [-0.3, -0.25) is 14.5 Å². The lowest BCUT2D eigenvalue weighted by Crippen LogP contribution is -2.60. The highest BCUT2D eigenvalue weighted by Gasteiger charge is 2.44. The number of carbonyl (C=O) groups is 4. The lowest BCUT2D eigenvalue weighted by atomic mass is 9.91. The molecule has 12 heteroatoms. The van der Waals surface area contributed by atoms with Crippen LogP contribution in [0.1, 0.15) is 81.9 Å². The normalized spacial score (nSPS) is 20.7. The molecule has 5 atom stereocenters. The number of thiazole rings is 1. The third-order valence-corrected chi connectivity index (χ3v) is 8.89. The highest BCUT2D eigenvalue weighted by molar-refractivity contribution is 7.09. The fraction of sp³-hybridized carbons (Fsp3) is 0.741. The van der Waals surface area contributed by atoms with E-state index in [0.717, 1.165) is 30.7 Å². The number of likely N-dealkylation sites (N-methyl/N-ethyl adjacent to an activating group) is 2. The molecule has 220 valence electrons. The molecule has 1 aromatic rings. The average molecular weight is 568 g/mol. The maximum Gasteiger partial charge on any atom is 0.409 e. The first-order valence-corrected chi connectivity index (χ1v) is 14.4. The Morgan fingerprint density at radius 3 is 2.33 bits per heavy atom. The summed E-state index contributed by atoms with van der Waals surface area (Å²) in [6, 6.07) is -1.11. The van der Waals surface area contributed by atoms with Crippen LogP contribution in [0.5, 0.6) is 0 Å². The van der Waals surface area contributed by atoms with E-state index in [-0.39, 0.29) is 41.8 Å². The van der Waals surface area contributed by atoms with Gasteiger partial charge in [-0.05, 0) is 45.2 Å². The van der Waals surface area contributed by atoms with Gasteiger partial charge in [0.05, 0.1) is 5.54 Å². The summed E-state index contributed by atoms with van der Waals surface area (Å²) >= 11 is 1.10. The van der Waals surface area contributed by atoms with Gasteiger partial charge in [-0.25, -0.2) is 14.6 Å². The molecule has 0 aliphatic carbocycles. The summed E-state index contributed by atoms with van der Waals surface area (Å²) < 4.78 is 5.72. The molecule has 2 heterocycles. The topological polar surface area (TPSA) is 132 Å². The summed E-state index contributed by atoms with van der Waals surface area (Å²) in [5.41, 5.74) is -0.795. The molecule has 11 nitrogen and oxygen atoms in total. The number of amides is 3.